The molecule has 0 aliphatic rings. The lowest BCUT2D eigenvalue weighted by Gasteiger charge is -2.32. The lowest BCUT2D eigenvalue weighted by atomic mass is 10.1. The van der Waals surface area contributed by atoms with Crippen LogP contribution in [-0.2, 0) is 26.2 Å². The van der Waals surface area contributed by atoms with Crippen LogP contribution in [-0.4, -0.2) is 62.6 Å². The Balaban J connectivity index is 2.51. The molecule has 2 aromatic carbocycles. The van der Waals surface area contributed by atoms with E-state index < -0.39 is 33.4 Å². The number of anilines is 1. The fourth-order valence-corrected chi connectivity index (χ4v) is 4.38. The molecule has 0 saturated heterocycles. The molecule has 2 rings (SSSR count). The maximum absolute atomic E-state index is 13.6. The summed E-state index contributed by atoms with van der Waals surface area (Å²) < 4.78 is 31.5. The molecule has 0 spiro atoms. The molecule has 0 aliphatic carbocycles. The lowest BCUT2D eigenvalue weighted by Crippen LogP contribution is -2.51. The highest BCUT2D eigenvalue weighted by atomic mass is 32.2. The zero-order valence-electron chi connectivity index (χ0n) is 21.1. The third kappa shape index (κ3) is 7.17. The molecule has 0 fully saturated rings. The number of nitrogens with zero attached hydrogens (tertiary/aromatic N) is 3. The molecule has 36 heavy (non-hydrogen) atoms. The number of ether oxygens (including phenoxy) is 1. The second-order valence-electron chi connectivity index (χ2n) is 8.30. The zero-order valence-corrected chi connectivity index (χ0v) is 21.9. The minimum Gasteiger partial charge on any atom is -0.495 e. The van der Waals surface area contributed by atoms with Crippen LogP contribution in [0.4, 0.5) is 11.4 Å². The molecule has 1 N–H and O–H groups in total. The van der Waals surface area contributed by atoms with Crippen molar-refractivity contribution in [3.63, 3.8) is 0 Å². The number of rotatable bonds is 12. The van der Waals surface area contributed by atoms with Gasteiger partial charge in [-0.2, -0.15) is 0 Å². The van der Waals surface area contributed by atoms with E-state index in [0.717, 1.165) is 27.8 Å². The van der Waals surface area contributed by atoms with E-state index in [9.17, 15) is 28.1 Å². The number of aryl methyl sites for hydroxylation is 1. The number of sulfonamides is 1. The number of hydrogen-bond donors (Lipinski definition) is 1. The van der Waals surface area contributed by atoms with Crippen LogP contribution in [0, 0.1) is 17.0 Å². The van der Waals surface area contributed by atoms with E-state index in [0.29, 0.717) is 13.0 Å². The van der Waals surface area contributed by atoms with Crippen molar-refractivity contribution in [1.82, 2.24) is 10.2 Å². The smallest absolute Gasteiger partial charge is 0.271 e. The van der Waals surface area contributed by atoms with Gasteiger partial charge in [-0.15, -0.1) is 0 Å². The molecule has 0 aliphatic heterocycles. The summed E-state index contributed by atoms with van der Waals surface area (Å²) in [6.07, 6.45) is 1.60. The molecule has 1 atom stereocenters. The quantitative estimate of drug-likeness (QED) is 0.335. The fraction of sp³-hybridized carbons (Fsp3) is 0.417. The van der Waals surface area contributed by atoms with Gasteiger partial charge in [-0.25, -0.2) is 8.42 Å². The van der Waals surface area contributed by atoms with Crippen LogP contribution in [0.5, 0.6) is 5.75 Å². The summed E-state index contributed by atoms with van der Waals surface area (Å²) in [6.45, 7) is 5.15. The molecule has 12 heteroatoms. The topological polar surface area (TPSA) is 139 Å². The molecular formula is C24H32N4O7S. The Morgan fingerprint density at radius 3 is 2.42 bits per heavy atom. The monoisotopic (exact) mass is 520 g/mol. The first kappa shape index (κ1) is 28.6. The molecule has 0 heterocycles. The van der Waals surface area contributed by atoms with E-state index in [1.54, 1.807) is 6.92 Å². The molecule has 11 nitrogen and oxygen atoms in total. The van der Waals surface area contributed by atoms with Gasteiger partial charge >= 0.3 is 0 Å². The van der Waals surface area contributed by atoms with Crippen LogP contribution in [0.1, 0.15) is 31.4 Å². The first-order valence-corrected chi connectivity index (χ1v) is 13.2. The summed E-state index contributed by atoms with van der Waals surface area (Å²) in [4.78, 5) is 38.3. The van der Waals surface area contributed by atoms with Crippen molar-refractivity contribution in [2.75, 3.05) is 30.8 Å². The van der Waals surface area contributed by atoms with Crippen LogP contribution < -0.4 is 14.4 Å². The summed E-state index contributed by atoms with van der Waals surface area (Å²) in [5, 5.41) is 14.1. The highest BCUT2D eigenvalue weighted by Crippen LogP contribution is 2.34. The van der Waals surface area contributed by atoms with Gasteiger partial charge in [0, 0.05) is 25.2 Å². The number of hydrogen-bond acceptors (Lipinski definition) is 7. The van der Waals surface area contributed by atoms with Crippen molar-refractivity contribution in [3.8, 4) is 5.75 Å². The Labute approximate surface area is 211 Å². The summed E-state index contributed by atoms with van der Waals surface area (Å²) in [7, 11) is -2.79. The average molecular weight is 521 g/mol. The standard InChI is InChI=1S/C24H32N4O7S/c1-6-13-25-24(30)18(3)26(15-19-10-8-7-9-17(19)2)23(29)16-27(36(5,33)34)21-14-20(28(31)32)11-12-22(21)35-4/h7-12,14,18H,6,13,15-16H2,1-5H3,(H,25,30)/t18-/m0/s1. The van der Waals surface area contributed by atoms with Crippen molar-refractivity contribution in [3.05, 3.63) is 63.7 Å². The molecule has 0 bridgehead atoms. The van der Waals surface area contributed by atoms with Crippen LogP contribution in [0.2, 0.25) is 0 Å². The number of non-ortho nitro benzene ring substituents is 1. The van der Waals surface area contributed by atoms with Crippen LogP contribution in [0.25, 0.3) is 0 Å². The van der Waals surface area contributed by atoms with E-state index in [2.05, 4.69) is 5.32 Å². The van der Waals surface area contributed by atoms with Crippen LogP contribution in [0.15, 0.2) is 42.5 Å². The molecule has 2 aromatic rings. The number of carbonyl (C=O) groups excluding carboxylic acids is 2. The van der Waals surface area contributed by atoms with Crippen molar-refractivity contribution in [2.24, 2.45) is 0 Å². The number of methoxy groups -OCH3 is 1. The second kappa shape index (κ2) is 12.3. The van der Waals surface area contributed by atoms with Gasteiger partial charge in [0.1, 0.15) is 24.0 Å². The number of nitro benzene ring substituents is 1. The molecule has 2 amide bonds. The third-order valence-electron chi connectivity index (χ3n) is 5.64. The van der Waals surface area contributed by atoms with Crippen molar-refractivity contribution >= 4 is 33.2 Å². The molecular weight excluding hydrogens is 488 g/mol. The molecule has 196 valence electrons. The highest BCUT2D eigenvalue weighted by molar-refractivity contribution is 7.92. The van der Waals surface area contributed by atoms with Gasteiger partial charge in [0.2, 0.25) is 21.8 Å². The predicted molar refractivity (Wildman–Crippen MR) is 136 cm³/mol. The Bertz CT molecular complexity index is 1220. The maximum Gasteiger partial charge on any atom is 0.271 e. The van der Waals surface area contributed by atoms with Crippen molar-refractivity contribution in [2.45, 2.75) is 39.8 Å². The molecule has 0 aromatic heterocycles. The Hall–Kier alpha value is -3.67. The van der Waals surface area contributed by atoms with E-state index in [1.807, 2.05) is 38.1 Å². The van der Waals surface area contributed by atoms with Crippen LogP contribution >= 0.6 is 0 Å². The molecule has 0 radical (unpaired) electrons. The van der Waals surface area contributed by atoms with Gasteiger partial charge in [-0.1, -0.05) is 31.2 Å². The Morgan fingerprint density at radius 1 is 1.19 bits per heavy atom. The Morgan fingerprint density at radius 2 is 1.86 bits per heavy atom. The number of nitro groups is 1. The average Bonchev–Trinajstić information content (AvgIpc) is 2.83. The summed E-state index contributed by atoms with van der Waals surface area (Å²) in [5.74, 6) is -0.993. The van der Waals surface area contributed by atoms with Gasteiger partial charge in [-0.05, 0) is 37.5 Å². The van der Waals surface area contributed by atoms with E-state index >= 15 is 0 Å². The van der Waals surface area contributed by atoms with E-state index in [-0.39, 0.29) is 29.6 Å². The van der Waals surface area contributed by atoms with Crippen molar-refractivity contribution < 1.29 is 27.7 Å². The Kier molecular flexibility index (Phi) is 9.79. The molecule has 0 saturated carbocycles. The van der Waals surface area contributed by atoms with E-state index in [4.69, 9.17) is 4.74 Å². The largest absolute Gasteiger partial charge is 0.495 e. The van der Waals surface area contributed by atoms with Gasteiger partial charge < -0.3 is 15.0 Å². The van der Waals surface area contributed by atoms with Gasteiger partial charge in [0.15, 0.2) is 0 Å². The number of benzene rings is 2. The van der Waals surface area contributed by atoms with E-state index in [1.165, 1.54) is 24.1 Å². The zero-order chi connectivity index (χ0) is 27.0. The number of carbonyl (C=O) groups is 2. The summed E-state index contributed by atoms with van der Waals surface area (Å²) in [5.41, 5.74) is 1.18. The summed E-state index contributed by atoms with van der Waals surface area (Å²) >= 11 is 0. The van der Waals surface area contributed by atoms with Crippen LogP contribution in [0.3, 0.4) is 0 Å². The predicted octanol–water partition coefficient (Wildman–Crippen LogP) is 2.62. The fourth-order valence-electron chi connectivity index (χ4n) is 3.53. The van der Waals surface area contributed by atoms with Gasteiger partial charge in [-0.3, -0.25) is 24.0 Å². The lowest BCUT2D eigenvalue weighted by molar-refractivity contribution is -0.384. The SMILES string of the molecule is CCCNC(=O)[C@H](C)N(Cc1ccccc1C)C(=O)CN(c1cc([N+](=O)[O-])ccc1OC)S(C)(=O)=O. The summed E-state index contributed by atoms with van der Waals surface area (Å²) in [6, 6.07) is 9.93. The minimum absolute atomic E-state index is 0.0398. The van der Waals surface area contributed by atoms with Crippen molar-refractivity contribution in [1.29, 1.82) is 0 Å². The van der Waals surface area contributed by atoms with Gasteiger partial charge in [0.25, 0.3) is 5.69 Å². The number of nitrogens with one attached hydrogen (secondary N) is 1. The first-order chi connectivity index (χ1) is 16.9. The van der Waals surface area contributed by atoms with Gasteiger partial charge in [0.05, 0.1) is 18.3 Å². The first-order valence-electron chi connectivity index (χ1n) is 11.3. The normalized spacial score (nSPS) is 11.9. The minimum atomic E-state index is -4.08. The second-order valence-corrected chi connectivity index (χ2v) is 10.2. The highest BCUT2D eigenvalue weighted by Gasteiger charge is 2.32. The molecule has 0 unspecified atom stereocenters. The maximum atomic E-state index is 13.6. The number of amides is 2. The third-order valence-corrected chi connectivity index (χ3v) is 6.77.